The Morgan fingerprint density at radius 1 is 0.534 bits per heavy atom. The molecule has 0 fully saturated rings. The summed E-state index contributed by atoms with van der Waals surface area (Å²) >= 11 is 0. The van der Waals surface area contributed by atoms with Crippen LogP contribution < -0.4 is 14.8 Å². The molecule has 1 aliphatic carbocycles. The van der Waals surface area contributed by atoms with Gasteiger partial charge in [0.25, 0.3) is 0 Å². The molecule has 1 aromatic heterocycles. The van der Waals surface area contributed by atoms with E-state index in [1.165, 1.54) is 12.1 Å². The van der Waals surface area contributed by atoms with Crippen molar-refractivity contribution in [1.82, 2.24) is 4.98 Å². The van der Waals surface area contributed by atoms with Gasteiger partial charge >= 0.3 is 12.4 Å². The first kappa shape index (κ1) is 34.3. The molecule has 2 aliphatic heterocycles. The molecular weight excluding hydrogens is 755 g/mol. The number of nitrogens with zero attached hydrogens (tertiary/aromatic N) is 1. The number of aromatic nitrogens is 1. The Hall–Kier alpha value is -7.01. The third-order valence-corrected chi connectivity index (χ3v) is 11.2. The van der Waals surface area contributed by atoms with Gasteiger partial charge < -0.3 is 19.2 Å². The highest BCUT2D eigenvalue weighted by Gasteiger charge is 2.51. The number of ether oxygens (including phenoxy) is 2. The molecule has 11 heteroatoms. The molecule has 0 saturated carbocycles. The minimum atomic E-state index is -4.58. The van der Waals surface area contributed by atoms with Crippen LogP contribution in [-0.2, 0) is 17.8 Å². The molecule has 0 bridgehead atoms. The predicted octanol–water partition coefficient (Wildman–Crippen LogP) is 13.2. The van der Waals surface area contributed by atoms with E-state index in [9.17, 15) is 26.3 Å². The van der Waals surface area contributed by atoms with Crippen LogP contribution in [0.25, 0.3) is 44.8 Å². The van der Waals surface area contributed by atoms with Crippen molar-refractivity contribution in [2.24, 2.45) is 0 Å². The minimum absolute atomic E-state index is 0.0237. The summed E-state index contributed by atoms with van der Waals surface area (Å²) < 4.78 is 100. The van der Waals surface area contributed by atoms with Crippen molar-refractivity contribution in [2.75, 3.05) is 5.32 Å². The van der Waals surface area contributed by atoms with E-state index in [1.54, 1.807) is 6.07 Å². The van der Waals surface area contributed by atoms with Crippen molar-refractivity contribution in [3.63, 3.8) is 0 Å². The maximum Gasteiger partial charge on any atom is 0.416 e. The Labute approximate surface area is 326 Å². The average Bonchev–Trinajstić information content (AvgIpc) is 3.93. The van der Waals surface area contributed by atoms with Crippen LogP contribution in [0.4, 0.5) is 32.0 Å². The molecule has 0 saturated heterocycles. The molecule has 58 heavy (non-hydrogen) atoms. The molecule has 1 N–H and O–H groups in total. The average molecular weight is 781 g/mol. The fourth-order valence-electron chi connectivity index (χ4n) is 8.73. The van der Waals surface area contributed by atoms with Crippen molar-refractivity contribution in [3.05, 3.63) is 185 Å². The van der Waals surface area contributed by atoms with E-state index >= 15 is 0 Å². The summed E-state index contributed by atoms with van der Waals surface area (Å²) in [6.07, 6.45) is -10.0. The smallest absolute Gasteiger partial charge is 0.416 e. The molecule has 7 aromatic carbocycles. The van der Waals surface area contributed by atoms with Crippen molar-refractivity contribution >= 4 is 16.8 Å². The third-order valence-electron chi connectivity index (χ3n) is 11.2. The second-order valence-corrected chi connectivity index (χ2v) is 14.5. The molecule has 1 spiro atoms. The van der Waals surface area contributed by atoms with E-state index in [1.807, 2.05) is 66.7 Å². The topological polar surface area (TPSA) is 56.5 Å². The zero-order chi connectivity index (χ0) is 39.6. The van der Waals surface area contributed by atoms with Gasteiger partial charge in [-0.15, -0.1) is 0 Å². The van der Waals surface area contributed by atoms with Gasteiger partial charge in [0.15, 0.2) is 11.8 Å². The number of para-hydroxylation sites is 2. The van der Waals surface area contributed by atoms with Crippen LogP contribution in [0.1, 0.15) is 45.2 Å². The summed E-state index contributed by atoms with van der Waals surface area (Å²) in [5, 5.41) is 3.07. The Balaban J connectivity index is 1.09. The maximum atomic E-state index is 13.6. The highest BCUT2D eigenvalue weighted by Crippen LogP contribution is 2.62. The van der Waals surface area contributed by atoms with E-state index in [-0.39, 0.29) is 28.4 Å². The molecule has 1 atom stereocenters. The van der Waals surface area contributed by atoms with Crippen LogP contribution in [0, 0.1) is 0 Å². The molecule has 11 rings (SSSR count). The molecule has 0 radical (unpaired) electrons. The SMILES string of the molecule is FC(F)(F)c1ccc2c(c1)NC(c1cc(-c3ccc4c(c3)-c3ccccc3C43c4ccccc4Oc4ccccc43)cc(-c3nc4cc(C(F)(F)F)ccc4o3)c1)O2. The largest absolute Gasteiger partial charge is 0.464 e. The highest BCUT2D eigenvalue weighted by atomic mass is 19.4. The number of fused-ring (bicyclic) bond motifs is 11. The first-order chi connectivity index (χ1) is 27.9. The standard InChI is InChI=1S/C47H26F6N2O3/c48-46(49,50)29-14-17-41-37(23-29)54-43(57-41)27-19-26(20-28(21-27)44-55-38-24-30(47(51,52)53)15-18-42(38)58-44)25-13-16-34-32(22-25)31-7-1-2-8-33(31)45(34)35-9-3-5-11-39(35)56-40-12-6-4-10-36(40)45/h1-24,43,54H. The van der Waals surface area contributed by atoms with Gasteiger partial charge in [0.1, 0.15) is 22.8 Å². The fraction of sp³-hybridized carbons (Fsp3) is 0.0851. The van der Waals surface area contributed by atoms with Crippen LogP contribution in [0.2, 0.25) is 0 Å². The van der Waals surface area contributed by atoms with Crippen molar-refractivity contribution in [2.45, 2.75) is 24.0 Å². The summed E-state index contributed by atoms with van der Waals surface area (Å²) in [5.74, 6) is 1.83. The number of oxazole rings is 1. The molecule has 3 aliphatic rings. The van der Waals surface area contributed by atoms with Gasteiger partial charge in [-0.1, -0.05) is 72.8 Å². The predicted molar refractivity (Wildman–Crippen MR) is 206 cm³/mol. The lowest BCUT2D eigenvalue weighted by Crippen LogP contribution is -2.32. The lowest BCUT2D eigenvalue weighted by molar-refractivity contribution is -0.138. The van der Waals surface area contributed by atoms with Crippen LogP contribution in [-0.4, -0.2) is 4.98 Å². The van der Waals surface area contributed by atoms with Gasteiger partial charge in [-0.25, -0.2) is 4.98 Å². The van der Waals surface area contributed by atoms with E-state index in [4.69, 9.17) is 13.9 Å². The van der Waals surface area contributed by atoms with Crippen LogP contribution in [0.15, 0.2) is 150 Å². The summed E-state index contributed by atoms with van der Waals surface area (Å²) in [4.78, 5) is 4.46. The quantitative estimate of drug-likeness (QED) is 0.181. The summed E-state index contributed by atoms with van der Waals surface area (Å²) in [7, 11) is 0. The van der Waals surface area contributed by atoms with Gasteiger partial charge in [0, 0.05) is 22.3 Å². The zero-order valence-electron chi connectivity index (χ0n) is 29.9. The van der Waals surface area contributed by atoms with Gasteiger partial charge in [-0.3, -0.25) is 0 Å². The van der Waals surface area contributed by atoms with E-state index in [0.29, 0.717) is 16.7 Å². The number of hydrogen-bond acceptors (Lipinski definition) is 5. The van der Waals surface area contributed by atoms with Crippen LogP contribution in [0.5, 0.6) is 17.2 Å². The monoisotopic (exact) mass is 780 g/mol. The molecule has 8 aromatic rings. The van der Waals surface area contributed by atoms with Gasteiger partial charge in [0.05, 0.1) is 22.2 Å². The first-order valence-corrected chi connectivity index (χ1v) is 18.3. The number of nitrogens with one attached hydrogen (secondary N) is 1. The summed E-state index contributed by atoms with van der Waals surface area (Å²) in [6.45, 7) is 0. The molecule has 0 amide bonds. The van der Waals surface area contributed by atoms with Gasteiger partial charge in [0.2, 0.25) is 5.89 Å². The zero-order valence-corrected chi connectivity index (χ0v) is 29.9. The van der Waals surface area contributed by atoms with Gasteiger partial charge in [-0.2, -0.15) is 26.3 Å². The number of hydrogen-bond donors (Lipinski definition) is 1. The van der Waals surface area contributed by atoms with E-state index in [0.717, 1.165) is 74.7 Å². The normalized spacial score (nSPS) is 15.8. The second-order valence-electron chi connectivity index (χ2n) is 14.5. The summed E-state index contributed by atoms with van der Waals surface area (Å²) in [5.41, 5.74) is 6.66. The number of anilines is 1. The lowest BCUT2D eigenvalue weighted by Gasteiger charge is -2.39. The number of halogens is 6. The molecule has 1 unspecified atom stereocenters. The summed E-state index contributed by atoms with van der Waals surface area (Å²) in [6, 6.07) is 42.4. The third kappa shape index (κ3) is 5.08. The second kappa shape index (κ2) is 12.0. The van der Waals surface area contributed by atoms with Crippen molar-refractivity contribution in [1.29, 1.82) is 0 Å². The Morgan fingerprint density at radius 3 is 1.91 bits per heavy atom. The molecule has 284 valence electrons. The van der Waals surface area contributed by atoms with Crippen molar-refractivity contribution in [3.8, 4) is 51.0 Å². The van der Waals surface area contributed by atoms with Gasteiger partial charge in [-0.05, 0) is 106 Å². The minimum Gasteiger partial charge on any atom is -0.464 e. The number of alkyl halides is 6. The highest BCUT2D eigenvalue weighted by molar-refractivity contribution is 5.91. The molecular formula is C47H26F6N2O3. The first-order valence-electron chi connectivity index (χ1n) is 18.3. The Kier molecular flexibility index (Phi) is 7.09. The molecule has 3 heterocycles. The number of rotatable bonds is 3. The Morgan fingerprint density at radius 2 is 1.17 bits per heavy atom. The van der Waals surface area contributed by atoms with Crippen LogP contribution in [0.3, 0.4) is 0 Å². The Bertz CT molecular complexity index is 2960. The molecule has 5 nitrogen and oxygen atoms in total. The van der Waals surface area contributed by atoms with E-state index < -0.39 is 35.1 Å². The van der Waals surface area contributed by atoms with Crippen LogP contribution >= 0.6 is 0 Å². The van der Waals surface area contributed by atoms with E-state index in [2.05, 4.69) is 46.7 Å². The maximum absolute atomic E-state index is 13.6. The number of benzene rings is 7. The van der Waals surface area contributed by atoms with Crippen molar-refractivity contribution < 1.29 is 40.2 Å². The fourth-order valence-corrected chi connectivity index (χ4v) is 8.73. The lowest BCUT2D eigenvalue weighted by atomic mass is 9.66.